The largest absolute Gasteiger partial charge is 0.497 e. The van der Waals surface area contributed by atoms with Gasteiger partial charge in [0.1, 0.15) is 5.75 Å². The number of carbonyl (C=O) groups excluding carboxylic acids is 1. The summed E-state index contributed by atoms with van der Waals surface area (Å²) >= 11 is 1.42. The van der Waals surface area contributed by atoms with E-state index in [0.717, 1.165) is 34.4 Å². The van der Waals surface area contributed by atoms with Gasteiger partial charge in [-0.05, 0) is 43.7 Å². The molecule has 0 radical (unpaired) electrons. The molecule has 0 aliphatic rings. The Labute approximate surface area is 163 Å². The van der Waals surface area contributed by atoms with E-state index in [0.29, 0.717) is 0 Å². The Morgan fingerprint density at radius 3 is 2.56 bits per heavy atom. The first kappa shape index (κ1) is 19.0. The third-order valence-corrected chi connectivity index (χ3v) is 5.18. The van der Waals surface area contributed by atoms with Gasteiger partial charge in [-0.3, -0.25) is 4.79 Å². The number of benzene rings is 2. The van der Waals surface area contributed by atoms with Crippen LogP contribution >= 0.6 is 11.8 Å². The fourth-order valence-electron chi connectivity index (χ4n) is 2.62. The topological polar surface area (TPSA) is 67.0 Å². The third kappa shape index (κ3) is 5.14. The molecule has 1 amide bonds. The Kier molecular flexibility index (Phi) is 6.19. The van der Waals surface area contributed by atoms with Crippen LogP contribution in [0.15, 0.2) is 59.8 Å². The van der Waals surface area contributed by atoms with Crippen LogP contribution in [-0.2, 0) is 11.2 Å². The summed E-state index contributed by atoms with van der Waals surface area (Å²) < 4.78 is 5.13. The number of amides is 1. The molecule has 2 N–H and O–H groups in total. The van der Waals surface area contributed by atoms with E-state index in [1.54, 1.807) is 7.11 Å². The molecule has 6 heteroatoms. The predicted molar refractivity (Wildman–Crippen MR) is 110 cm³/mol. The van der Waals surface area contributed by atoms with E-state index < -0.39 is 0 Å². The summed E-state index contributed by atoms with van der Waals surface area (Å²) in [6.07, 6.45) is 0.774. The summed E-state index contributed by atoms with van der Waals surface area (Å²) in [7, 11) is 1.61. The number of H-pyrrole nitrogens is 1. The number of hydrogen-bond donors (Lipinski definition) is 2. The van der Waals surface area contributed by atoms with Crippen molar-refractivity contribution < 1.29 is 9.53 Å². The van der Waals surface area contributed by atoms with Crippen LogP contribution in [0, 0.1) is 6.92 Å². The lowest BCUT2D eigenvalue weighted by Gasteiger charge is -2.11. The molecule has 1 aromatic heterocycles. The molecular weight excluding hydrogens is 358 g/mol. The van der Waals surface area contributed by atoms with Crippen molar-refractivity contribution in [2.75, 3.05) is 12.4 Å². The van der Waals surface area contributed by atoms with Gasteiger partial charge < -0.3 is 15.0 Å². The van der Waals surface area contributed by atoms with E-state index in [9.17, 15) is 4.79 Å². The molecule has 0 saturated heterocycles. The number of methoxy groups -OCH3 is 1. The number of carbonyl (C=O) groups is 1. The van der Waals surface area contributed by atoms with Crippen molar-refractivity contribution in [2.24, 2.45) is 0 Å². The van der Waals surface area contributed by atoms with Crippen LogP contribution in [0.5, 0.6) is 5.75 Å². The molecule has 0 aliphatic carbocycles. The molecule has 0 fully saturated rings. The first-order valence-electron chi connectivity index (χ1n) is 8.76. The fraction of sp³-hybridized carbons (Fsp3) is 0.238. The second-order valence-electron chi connectivity index (χ2n) is 6.25. The normalized spacial score (nSPS) is 11.8. The summed E-state index contributed by atoms with van der Waals surface area (Å²) in [6, 6.07) is 17.5. The molecule has 1 atom stereocenters. The van der Waals surface area contributed by atoms with Crippen LogP contribution in [0.25, 0.3) is 0 Å². The minimum atomic E-state index is -0.276. The van der Waals surface area contributed by atoms with E-state index in [1.807, 2.05) is 56.3 Å². The summed E-state index contributed by atoms with van der Waals surface area (Å²) in [5.74, 6) is 0.691. The van der Waals surface area contributed by atoms with Gasteiger partial charge in [0.15, 0.2) is 5.16 Å². The SMILES string of the molecule is COc1ccc(NC(=O)C(C)Sc2nc(Cc3ccccc3)c(C)[nH]2)cc1. The fourth-order valence-corrected chi connectivity index (χ4v) is 3.50. The van der Waals surface area contributed by atoms with E-state index in [-0.39, 0.29) is 11.2 Å². The minimum absolute atomic E-state index is 0.0659. The molecule has 1 unspecified atom stereocenters. The highest BCUT2D eigenvalue weighted by Gasteiger charge is 2.17. The van der Waals surface area contributed by atoms with E-state index in [1.165, 1.54) is 17.3 Å². The van der Waals surface area contributed by atoms with Gasteiger partial charge in [0.2, 0.25) is 5.91 Å². The minimum Gasteiger partial charge on any atom is -0.497 e. The van der Waals surface area contributed by atoms with Crippen LogP contribution in [-0.4, -0.2) is 28.2 Å². The van der Waals surface area contributed by atoms with Crippen molar-refractivity contribution in [1.82, 2.24) is 9.97 Å². The Bertz CT molecular complexity index is 892. The van der Waals surface area contributed by atoms with Crippen LogP contribution in [0.2, 0.25) is 0 Å². The molecule has 1 heterocycles. The lowest BCUT2D eigenvalue weighted by molar-refractivity contribution is -0.115. The highest BCUT2D eigenvalue weighted by Crippen LogP contribution is 2.24. The number of ether oxygens (including phenoxy) is 1. The number of hydrogen-bond acceptors (Lipinski definition) is 4. The molecule has 27 heavy (non-hydrogen) atoms. The van der Waals surface area contributed by atoms with E-state index >= 15 is 0 Å². The first-order chi connectivity index (χ1) is 13.0. The van der Waals surface area contributed by atoms with Gasteiger partial charge >= 0.3 is 0 Å². The van der Waals surface area contributed by atoms with Crippen LogP contribution in [0.4, 0.5) is 5.69 Å². The van der Waals surface area contributed by atoms with Gasteiger partial charge in [0, 0.05) is 17.8 Å². The number of thioether (sulfide) groups is 1. The molecule has 0 spiro atoms. The number of aromatic nitrogens is 2. The number of rotatable bonds is 7. The molecule has 3 aromatic rings. The molecule has 5 nitrogen and oxygen atoms in total. The highest BCUT2D eigenvalue weighted by atomic mass is 32.2. The quantitative estimate of drug-likeness (QED) is 0.594. The maximum Gasteiger partial charge on any atom is 0.237 e. The second kappa shape index (κ2) is 8.77. The number of imidazole rings is 1. The zero-order valence-corrected chi connectivity index (χ0v) is 16.5. The lowest BCUT2D eigenvalue weighted by Crippen LogP contribution is -2.22. The zero-order chi connectivity index (χ0) is 19.2. The Morgan fingerprint density at radius 2 is 1.89 bits per heavy atom. The molecule has 2 aromatic carbocycles. The molecule has 0 aliphatic heterocycles. The summed E-state index contributed by atoms with van der Waals surface area (Å²) in [6.45, 7) is 3.88. The number of aromatic amines is 1. The molecule has 0 saturated carbocycles. The summed E-state index contributed by atoms with van der Waals surface area (Å²) in [5.41, 5.74) is 4.00. The van der Waals surface area contributed by atoms with E-state index in [2.05, 4.69) is 27.4 Å². The maximum absolute atomic E-state index is 12.4. The Balaban J connectivity index is 1.60. The molecule has 3 rings (SSSR count). The van der Waals surface area contributed by atoms with Crippen molar-refractivity contribution in [3.63, 3.8) is 0 Å². The monoisotopic (exact) mass is 381 g/mol. The summed E-state index contributed by atoms with van der Waals surface area (Å²) in [4.78, 5) is 20.4. The molecule has 140 valence electrons. The van der Waals surface area contributed by atoms with Gasteiger partial charge in [0.25, 0.3) is 0 Å². The first-order valence-corrected chi connectivity index (χ1v) is 9.64. The smallest absolute Gasteiger partial charge is 0.237 e. The highest BCUT2D eigenvalue weighted by molar-refractivity contribution is 8.00. The Hall–Kier alpha value is -2.73. The van der Waals surface area contributed by atoms with E-state index in [4.69, 9.17) is 4.74 Å². The molecule has 0 bridgehead atoms. The van der Waals surface area contributed by atoms with Crippen molar-refractivity contribution in [2.45, 2.75) is 30.7 Å². The van der Waals surface area contributed by atoms with Gasteiger partial charge in [0.05, 0.1) is 18.1 Å². The molecular formula is C21H23N3O2S. The lowest BCUT2D eigenvalue weighted by atomic mass is 10.1. The second-order valence-corrected chi connectivity index (χ2v) is 7.58. The average Bonchev–Trinajstić information content (AvgIpc) is 3.02. The average molecular weight is 382 g/mol. The number of anilines is 1. The maximum atomic E-state index is 12.4. The zero-order valence-electron chi connectivity index (χ0n) is 15.7. The van der Waals surface area contributed by atoms with Crippen LogP contribution in [0.3, 0.4) is 0 Å². The number of nitrogens with zero attached hydrogens (tertiary/aromatic N) is 1. The van der Waals surface area contributed by atoms with Gasteiger partial charge in [-0.25, -0.2) is 4.98 Å². The van der Waals surface area contributed by atoms with Crippen LogP contribution < -0.4 is 10.1 Å². The summed E-state index contributed by atoms with van der Waals surface area (Å²) in [5, 5.41) is 3.40. The number of nitrogens with one attached hydrogen (secondary N) is 2. The van der Waals surface area contributed by atoms with Crippen LogP contribution in [0.1, 0.15) is 23.9 Å². The van der Waals surface area contributed by atoms with Gasteiger partial charge in [-0.1, -0.05) is 42.1 Å². The third-order valence-electron chi connectivity index (χ3n) is 4.19. The van der Waals surface area contributed by atoms with Gasteiger partial charge in [-0.15, -0.1) is 0 Å². The standard InChI is InChI=1S/C21H23N3O2S/c1-14-19(13-16-7-5-4-6-8-16)24-21(22-14)27-15(2)20(25)23-17-9-11-18(26-3)12-10-17/h4-12,15H,13H2,1-3H3,(H,22,24)(H,23,25). The van der Waals surface area contributed by atoms with Gasteiger partial charge in [-0.2, -0.15) is 0 Å². The van der Waals surface area contributed by atoms with Crippen molar-refractivity contribution in [3.05, 3.63) is 71.5 Å². The predicted octanol–water partition coefficient (Wildman–Crippen LogP) is 4.44. The van der Waals surface area contributed by atoms with Crippen molar-refractivity contribution in [1.29, 1.82) is 0 Å². The number of aryl methyl sites for hydroxylation is 1. The Morgan fingerprint density at radius 1 is 1.19 bits per heavy atom. The van der Waals surface area contributed by atoms with Crippen molar-refractivity contribution in [3.8, 4) is 5.75 Å². The van der Waals surface area contributed by atoms with Crippen molar-refractivity contribution >= 4 is 23.4 Å².